The normalized spacial score (nSPS) is 14.9. The van der Waals surface area contributed by atoms with Gasteiger partial charge in [0.1, 0.15) is 0 Å². The number of hydrogen-bond acceptors (Lipinski definition) is 0. The van der Waals surface area contributed by atoms with Gasteiger partial charge in [0, 0.05) is 0 Å². The van der Waals surface area contributed by atoms with Crippen LogP contribution in [0, 0.1) is 5.92 Å². The molecule has 1 atom stereocenters. The van der Waals surface area contributed by atoms with Gasteiger partial charge in [0.2, 0.25) is 0 Å². The van der Waals surface area contributed by atoms with Crippen LogP contribution in [0.3, 0.4) is 0 Å². The molecule has 0 heteroatoms. The molecule has 0 bridgehead atoms. The van der Waals surface area contributed by atoms with E-state index in [0.717, 1.165) is 5.92 Å². The average Bonchev–Trinajstić information content (AvgIpc) is 1.99. The van der Waals surface area contributed by atoms with E-state index in [1.54, 1.807) is 0 Å². The van der Waals surface area contributed by atoms with E-state index in [4.69, 9.17) is 0 Å². The standard InChI is InChI=1S/C10H18/c1-5-9(4)8-10(6-2)7-3/h6-7,9H,2,5,8H2,1,3-4H3. The molecule has 0 fully saturated rings. The molecule has 58 valence electrons. The molecule has 0 radical (unpaired) electrons. The highest BCUT2D eigenvalue weighted by Gasteiger charge is 1.98. The number of hydrogen-bond donors (Lipinski definition) is 0. The Morgan fingerprint density at radius 1 is 1.60 bits per heavy atom. The largest absolute Gasteiger partial charge is 0.0988 e. The Kier molecular flexibility index (Phi) is 5.00. The molecule has 0 aliphatic rings. The van der Waals surface area contributed by atoms with Gasteiger partial charge in [-0.3, -0.25) is 0 Å². The van der Waals surface area contributed by atoms with Crippen molar-refractivity contribution in [1.29, 1.82) is 0 Å². The van der Waals surface area contributed by atoms with Gasteiger partial charge < -0.3 is 0 Å². The highest BCUT2D eigenvalue weighted by molar-refractivity contribution is 5.15. The molecule has 0 aliphatic heterocycles. The second-order valence-electron chi connectivity index (χ2n) is 2.79. The third kappa shape index (κ3) is 3.49. The number of rotatable bonds is 4. The Labute approximate surface area is 64.6 Å². The van der Waals surface area contributed by atoms with Crippen LogP contribution in [0.4, 0.5) is 0 Å². The quantitative estimate of drug-likeness (QED) is 0.521. The minimum Gasteiger partial charge on any atom is -0.0988 e. The topological polar surface area (TPSA) is 0 Å². The van der Waals surface area contributed by atoms with Crippen LogP contribution < -0.4 is 0 Å². The van der Waals surface area contributed by atoms with Crippen LogP contribution in [0.1, 0.15) is 33.6 Å². The lowest BCUT2D eigenvalue weighted by molar-refractivity contribution is 0.562. The minimum atomic E-state index is 0.796. The molecule has 0 saturated carbocycles. The van der Waals surface area contributed by atoms with E-state index >= 15 is 0 Å². The Morgan fingerprint density at radius 3 is 2.50 bits per heavy atom. The summed E-state index contributed by atoms with van der Waals surface area (Å²) < 4.78 is 0. The second-order valence-corrected chi connectivity index (χ2v) is 2.79. The van der Waals surface area contributed by atoms with Crippen molar-refractivity contribution in [1.82, 2.24) is 0 Å². The van der Waals surface area contributed by atoms with Crippen LogP contribution in [0.15, 0.2) is 24.3 Å². The van der Waals surface area contributed by atoms with Gasteiger partial charge in [0.15, 0.2) is 0 Å². The second kappa shape index (κ2) is 5.28. The SMILES string of the molecule is C=CC(=CC)CC(C)CC. The van der Waals surface area contributed by atoms with Crippen LogP contribution in [0.2, 0.25) is 0 Å². The molecule has 1 unspecified atom stereocenters. The molecule has 0 aromatic carbocycles. The molecule has 0 amide bonds. The fourth-order valence-corrected chi connectivity index (χ4v) is 0.866. The predicted octanol–water partition coefficient (Wildman–Crippen LogP) is 3.55. The fourth-order valence-electron chi connectivity index (χ4n) is 0.866. The highest BCUT2D eigenvalue weighted by atomic mass is 14.0. The van der Waals surface area contributed by atoms with Crippen molar-refractivity contribution >= 4 is 0 Å². The van der Waals surface area contributed by atoms with Crippen molar-refractivity contribution in [2.45, 2.75) is 33.6 Å². The van der Waals surface area contributed by atoms with E-state index in [1.807, 2.05) is 6.08 Å². The van der Waals surface area contributed by atoms with Crippen molar-refractivity contribution in [2.75, 3.05) is 0 Å². The van der Waals surface area contributed by atoms with Crippen molar-refractivity contribution in [2.24, 2.45) is 5.92 Å². The molecule has 0 saturated heterocycles. The lowest BCUT2D eigenvalue weighted by Gasteiger charge is -2.07. The van der Waals surface area contributed by atoms with E-state index in [-0.39, 0.29) is 0 Å². The van der Waals surface area contributed by atoms with Gasteiger partial charge in [0.05, 0.1) is 0 Å². The fraction of sp³-hybridized carbons (Fsp3) is 0.600. The lowest BCUT2D eigenvalue weighted by Crippen LogP contribution is -1.92. The van der Waals surface area contributed by atoms with Crippen molar-refractivity contribution < 1.29 is 0 Å². The van der Waals surface area contributed by atoms with Gasteiger partial charge in [-0.2, -0.15) is 0 Å². The Balaban J connectivity index is 3.75. The Morgan fingerprint density at radius 2 is 2.20 bits per heavy atom. The van der Waals surface area contributed by atoms with Crippen molar-refractivity contribution in [3.8, 4) is 0 Å². The van der Waals surface area contributed by atoms with Crippen LogP contribution in [0.25, 0.3) is 0 Å². The van der Waals surface area contributed by atoms with Crippen LogP contribution in [-0.4, -0.2) is 0 Å². The Bertz CT molecular complexity index is 120. The molecule has 0 aromatic rings. The van der Waals surface area contributed by atoms with Gasteiger partial charge in [-0.15, -0.1) is 0 Å². The highest BCUT2D eigenvalue weighted by Crippen LogP contribution is 2.14. The summed E-state index contributed by atoms with van der Waals surface area (Å²) in [4.78, 5) is 0. The summed E-state index contributed by atoms with van der Waals surface area (Å²) in [6, 6.07) is 0. The zero-order valence-electron chi connectivity index (χ0n) is 7.35. The molecule has 0 heterocycles. The third-order valence-electron chi connectivity index (χ3n) is 1.91. The first-order valence-electron chi connectivity index (χ1n) is 4.02. The van der Waals surface area contributed by atoms with Crippen molar-refractivity contribution in [3.63, 3.8) is 0 Å². The molecule has 10 heavy (non-hydrogen) atoms. The van der Waals surface area contributed by atoms with Crippen LogP contribution >= 0.6 is 0 Å². The lowest BCUT2D eigenvalue weighted by atomic mass is 9.99. The van der Waals surface area contributed by atoms with Gasteiger partial charge in [-0.25, -0.2) is 0 Å². The monoisotopic (exact) mass is 138 g/mol. The van der Waals surface area contributed by atoms with Crippen LogP contribution in [0.5, 0.6) is 0 Å². The number of allylic oxidation sites excluding steroid dienone is 3. The minimum absolute atomic E-state index is 0.796. The zero-order chi connectivity index (χ0) is 7.98. The molecule has 0 nitrogen and oxygen atoms in total. The van der Waals surface area contributed by atoms with E-state index in [1.165, 1.54) is 18.4 Å². The molecule has 0 aliphatic carbocycles. The van der Waals surface area contributed by atoms with E-state index in [9.17, 15) is 0 Å². The first-order valence-corrected chi connectivity index (χ1v) is 4.02. The van der Waals surface area contributed by atoms with E-state index < -0.39 is 0 Å². The first-order chi connectivity index (χ1) is 4.74. The summed E-state index contributed by atoms with van der Waals surface area (Å²) in [5, 5.41) is 0. The van der Waals surface area contributed by atoms with Gasteiger partial charge >= 0.3 is 0 Å². The average molecular weight is 138 g/mol. The molecular weight excluding hydrogens is 120 g/mol. The zero-order valence-corrected chi connectivity index (χ0v) is 7.35. The maximum absolute atomic E-state index is 3.75. The van der Waals surface area contributed by atoms with Crippen molar-refractivity contribution in [3.05, 3.63) is 24.3 Å². The maximum Gasteiger partial charge on any atom is -0.0257 e. The molecule has 0 spiro atoms. The summed E-state index contributed by atoms with van der Waals surface area (Å²) in [6.45, 7) is 10.3. The summed E-state index contributed by atoms with van der Waals surface area (Å²) in [5.74, 6) is 0.796. The van der Waals surface area contributed by atoms with Gasteiger partial charge in [-0.05, 0) is 19.3 Å². The maximum atomic E-state index is 3.75. The van der Waals surface area contributed by atoms with Gasteiger partial charge in [0.25, 0.3) is 0 Å². The molecule has 0 rings (SSSR count). The van der Waals surface area contributed by atoms with E-state index in [0.29, 0.717) is 0 Å². The van der Waals surface area contributed by atoms with E-state index in [2.05, 4.69) is 33.4 Å². The smallest absolute Gasteiger partial charge is 0.0257 e. The van der Waals surface area contributed by atoms with Gasteiger partial charge in [-0.1, -0.05) is 44.6 Å². The summed E-state index contributed by atoms with van der Waals surface area (Å²) in [7, 11) is 0. The first kappa shape index (κ1) is 9.48. The summed E-state index contributed by atoms with van der Waals surface area (Å²) in [5.41, 5.74) is 1.37. The summed E-state index contributed by atoms with van der Waals surface area (Å²) in [6.07, 6.45) is 6.52. The molecule has 0 aromatic heterocycles. The third-order valence-corrected chi connectivity index (χ3v) is 1.91. The predicted molar refractivity (Wildman–Crippen MR) is 48.0 cm³/mol. The molecular formula is C10H18. The molecule has 0 N–H and O–H groups in total. The summed E-state index contributed by atoms with van der Waals surface area (Å²) >= 11 is 0. The van der Waals surface area contributed by atoms with Crippen LogP contribution in [-0.2, 0) is 0 Å². The Hall–Kier alpha value is -0.520.